The molecule has 0 amide bonds. The van der Waals surface area contributed by atoms with Gasteiger partial charge in [0.1, 0.15) is 12.2 Å². The zero-order valence-corrected chi connectivity index (χ0v) is 13.3. The lowest BCUT2D eigenvalue weighted by molar-refractivity contribution is 0.0418. The predicted octanol–water partition coefficient (Wildman–Crippen LogP) is 3.36. The summed E-state index contributed by atoms with van der Waals surface area (Å²) >= 11 is 0. The van der Waals surface area contributed by atoms with Crippen LogP contribution in [0.3, 0.4) is 0 Å². The lowest BCUT2D eigenvalue weighted by Crippen LogP contribution is -2.26. The van der Waals surface area contributed by atoms with Gasteiger partial charge in [0.05, 0.1) is 19.3 Å². The summed E-state index contributed by atoms with van der Waals surface area (Å²) in [7, 11) is 2.33. The van der Waals surface area contributed by atoms with Gasteiger partial charge >= 0.3 is 0 Å². The maximum absolute atomic E-state index is 5.77. The zero-order chi connectivity index (χ0) is 14.5. The van der Waals surface area contributed by atoms with E-state index < -0.39 is 0 Å². The molecule has 0 N–H and O–H groups in total. The Morgan fingerprint density at radius 1 is 1.25 bits per heavy atom. The fourth-order valence-electron chi connectivity index (χ4n) is 2.58. The van der Waals surface area contributed by atoms with Gasteiger partial charge in [-0.3, -0.25) is 0 Å². The van der Waals surface area contributed by atoms with Crippen molar-refractivity contribution in [2.24, 2.45) is 5.92 Å². The summed E-state index contributed by atoms with van der Waals surface area (Å²) in [6.45, 7) is 9.36. The average Bonchev–Trinajstić information content (AvgIpc) is 3.24. The van der Waals surface area contributed by atoms with Crippen molar-refractivity contribution in [1.29, 1.82) is 0 Å². The maximum atomic E-state index is 5.77. The number of epoxide rings is 1. The second-order valence-corrected chi connectivity index (χ2v) is 5.08. The number of hydrogen-bond acceptors (Lipinski definition) is 3. The van der Waals surface area contributed by atoms with Crippen LogP contribution in [0.4, 0.5) is 0 Å². The molecule has 1 heterocycles. The van der Waals surface area contributed by atoms with Gasteiger partial charge in [0.15, 0.2) is 0 Å². The van der Waals surface area contributed by atoms with Crippen LogP contribution in [0.2, 0.25) is 0 Å². The molecule has 2 aliphatic rings. The molecule has 0 spiro atoms. The van der Waals surface area contributed by atoms with Gasteiger partial charge in [0.2, 0.25) is 0 Å². The summed E-state index contributed by atoms with van der Waals surface area (Å²) in [6.07, 6.45) is 0.462. The molecule has 5 unspecified atom stereocenters. The fraction of sp³-hybridized carbons (Fsp3) is 0.500. The zero-order valence-electron chi connectivity index (χ0n) is 12.1. The van der Waals surface area contributed by atoms with Gasteiger partial charge in [-0.2, -0.15) is 0 Å². The molecule has 1 aliphatic carbocycles. The van der Waals surface area contributed by atoms with Crippen LogP contribution in [-0.4, -0.2) is 24.9 Å². The molecular weight excluding hydrogens is 271 g/mol. The minimum absolute atomic E-state index is 0.0725. The van der Waals surface area contributed by atoms with Crippen molar-refractivity contribution >= 4 is 9.47 Å². The van der Waals surface area contributed by atoms with E-state index in [0.29, 0.717) is 13.2 Å². The SMILES string of the molecule is C=C1C(COCc2ccccc2)C(OP)C2OC12.CC. The second kappa shape index (κ2) is 7.33. The smallest absolute Gasteiger partial charge is 0.116 e. The molecule has 4 heteroatoms. The van der Waals surface area contributed by atoms with Crippen LogP contribution >= 0.6 is 9.47 Å². The Morgan fingerprint density at radius 2 is 1.95 bits per heavy atom. The molecule has 0 bridgehead atoms. The first-order valence-electron chi connectivity index (χ1n) is 7.12. The predicted molar refractivity (Wildman–Crippen MR) is 83.3 cm³/mol. The van der Waals surface area contributed by atoms with Gasteiger partial charge in [-0.15, -0.1) is 0 Å². The van der Waals surface area contributed by atoms with Crippen molar-refractivity contribution in [3.05, 3.63) is 48.0 Å². The molecule has 5 atom stereocenters. The number of hydrogen-bond donors (Lipinski definition) is 0. The van der Waals surface area contributed by atoms with Crippen LogP contribution in [0.1, 0.15) is 19.4 Å². The van der Waals surface area contributed by atoms with Crippen LogP contribution in [-0.2, 0) is 20.6 Å². The minimum atomic E-state index is 0.0725. The third kappa shape index (κ3) is 3.29. The van der Waals surface area contributed by atoms with E-state index in [1.54, 1.807) is 0 Å². The molecule has 1 saturated heterocycles. The standard InChI is InChI=1S/C14H17O3P.C2H6/c1-9-11(13(17-18)14-12(9)16-14)8-15-7-10-5-3-2-4-6-10;1-2/h2-6,11-14H,1,7-8,18H2;1-2H3. The molecule has 3 nitrogen and oxygen atoms in total. The molecule has 3 rings (SSSR count). The molecule has 1 aromatic rings. The highest BCUT2D eigenvalue weighted by atomic mass is 31.0. The van der Waals surface area contributed by atoms with Gasteiger partial charge in [0.25, 0.3) is 0 Å². The number of benzene rings is 1. The van der Waals surface area contributed by atoms with Crippen LogP contribution in [0.5, 0.6) is 0 Å². The molecule has 20 heavy (non-hydrogen) atoms. The second-order valence-electron chi connectivity index (χ2n) is 4.80. The van der Waals surface area contributed by atoms with E-state index in [0.717, 1.165) is 5.57 Å². The molecule has 2 fully saturated rings. The summed E-state index contributed by atoms with van der Waals surface area (Å²) in [5, 5.41) is 0. The molecule has 110 valence electrons. The van der Waals surface area contributed by atoms with Gasteiger partial charge in [-0.1, -0.05) is 50.8 Å². The minimum Gasteiger partial charge on any atom is -0.376 e. The largest absolute Gasteiger partial charge is 0.376 e. The van der Waals surface area contributed by atoms with Crippen molar-refractivity contribution < 1.29 is 14.0 Å². The topological polar surface area (TPSA) is 31.0 Å². The van der Waals surface area contributed by atoms with Crippen molar-refractivity contribution in [1.82, 2.24) is 0 Å². The van der Waals surface area contributed by atoms with Crippen molar-refractivity contribution in [2.45, 2.75) is 38.8 Å². The Balaban J connectivity index is 0.000000704. The van der Waals surface area contributed by atoms with Gasteiger partial charge < -0.3 is 14.0 Å². The average molecular weight is 294 g/mol. The first kappa shape index (κ1) is 15.7. The summed E-state index contributed by atoms with van der Waals surface area (Å²) < 4.78 is 16.6. The molecule has 0 aromatic heterocycles. The van der Waals surface area contributed by atoms with E-state index in [9.17, 15) is 0 Å². The van der Waals surface area contributed by atoms with Gasteiger partial charge in [-0.25, -0.2) is 0 Å². The van der Waals surface area contributed by atoms with Crippen LogP contribution < -0.4 is 0 Å². The van der Waals surface area contributed by atoms with E-state index >= 15 is 0 Å². The fourth-order valence-corrected chi connectivity index (χ4v) is 2.92. The van der Waals surface area contributed by atoms with Crippen LogP contribution in [0.25, 0.3) is 0 Å². The summed E-state index contributed by atoms with van der Waals surface area (Å²) in [4.78, 5) is 0. The van der Waals surface area contributed by atoms with Crippen LogP contribution in [0, 0.1) is 5.92 Å². The van der Waals surface area contributed by atoms with Crippen molar-refractivity contribution in [3.8, 4) is 0 Å². The Morgan fingerprint density at radius 3 is 2.60 bits per heavy atom. The van der Waals surface area contributed by atoms with Crippen LogP contribution in [0.15, 0.2) is 42.5 Å². The molecule has 1 aliphatic heterocycles. The highest BCUT2D eigenvalue weighted by Gasteiger charge is 2.58. The van der Waals surface area contributed by atoms with Gasteiger partial charge in [0, 0.05) is 15.4 Å². The Kier molecular flexibility index (Phi) is 5.74. The van der Waals surface area contributed by atoms with E-state index in [-0.39, 0.29) is 24.2 Å². The molecule has 0 radical (unpaired) electrons. The summed E-state index contributed by atoms with van der Waals surface area (Å²) in [5.41, 5.74) is 2.30. The summed E-state index contributed by atoms with van der Waals surface area (Å²) in [6, 6.07) is 10.2. The molecular formula is C16H23O3P. The van der Waals surface area contributed by atoms with Gasteiger partial charge in [-0.05, 0) is 11.1 Å². The Hall–Kier alpha value is -0.730. The first-order valence-corrected chi connectivity index (χ1v) is 7.59. The third-order valence-corrected chi connectivity index (χ3v) is 3.97. The summed E-state index contributed by atoms with van der Waals surface area (Å²) in [5.74, 6) is 0.245. The van der Waals surface area contributed by atoms with Crippen molar-refractivity contribution in [2.75, 3.05) is 6.61 Å². The normalized spacial score (nSPS) is 30.4. The monoisotopic (exact) mass is 294 g/mol. The number of fused-ring (bicyclic) bond motifs is 1. The molecule has 1 aromatic carbocycles. The number of rotatable bonds is 5. The lowest BCUT2D eigenvalue weighted by Gasteiger charge is -2.21. The van der Waals surface area contributed by atoms with E-state index in [2.05, 4.69) is 28.2 Å². The van der Waals surface area contributed by atoms with E-state index in [1.807, 2.05) is 32.0 Å². The maximum Gasteiger partial charge on any atom is 0.116 e. The lowest BCUT2D eigenvalue weighted by atomic mass is 10.0. The number of ether oxygens (including phenoxy) is 2. The highest BCUT2D eigenvalue weighted by molar-refractivity contribution is 7.09. The van der Waals surface area contributed by atoms with E-state index in [4.69, 9.17) is 14.0 Å². The Bertz CT molecular complexity index is 435. The third-order valence-electron chi connectivity index (χ3n) is 3.65. The van der Waals surface area contributed by atoms with Crippen molar-refractivity contribution in [3.63, 3.8) is 0 Å². The quantitative estimate of drug-likeness (QED) is 0.474. The van der Waals surface area contributed by atoms with E-state index in [1.165, 1.54) is 5.56 Å². The Labute approximate surface area is 123 Å². The molecule has 1 saturated carbocycles. The highest BCUT2D eigenvalue weighted by Crippen LogP contribution is 2.48. The first-order chi connectivity index (χ1) is 9.81.